The number of carbonyl (C=O) groups excluding carboxylic acids is 1. The van der Waals surface area contributed by atoms with E-state index >= 15 is 0 Å². The summed E-state index contributed by atoms with van der Waals surface area (Å²) in [5.41, 5.74) is 3.86. The lowest BCUT2D eigenvalue weighted by atomic mass is 10.1. The molecule has 0 bridgehead atoms. The predicted molar refractivity (Wildman–Crippen MR) is 107 cm³/mol. The van der Waals surface area contributed by atoms with Gasteiger partial charge in [-0.2, -0.15) is 0 Å². The molecule has 5 rings (SSSR count). The molecule has 1 atom stereocenters. The average Bonchev–Trinajstić information content (AvgIpc) is 3.47. The highest BCUT2D eigenvalue weighted by molar-refractivity contribution is 7.12. The molecule has 5 heteroatoms. The summed E-state index contributed by atoms with van der Waals surface area (Å²) < 4.78 is 6.04. The Morgan fingerprint density at radius 2 is 1.96 bits per heavy atom. The van der Waals surface area contributed by atoms with Gasteiger partial charge in [0.05, 0.1) is 4.88 Å². The van der Waals surface area contributed by atoms with Gasteiger partial charge in [-0.3, -0.25) is 4.79 Å². The van der Waals surface area contributed by atoms with Gasteiger partial charge in [0.25, 0.3) is 5.91 Å². The summed E-state index contributed by atoms with van der Waals surface area (Å²) in [6.07, 6.45) is 1.85. The van der Waals surface area contributed by atoms with Crippen LogP contribution in [-0.4, -0.2) is 22.3 Å². The third-order valence-corrected chi connectivity index (χ3v) is 5.90. The number of rotatable bonds is 3. The van der Waals surface area contributed by atoms with Gasteiger partial charge >= 0.3 is 0 Å². The molecule has 0 N–H and O–H groups in total. The Kier molecular flexibility index (Phi) is 4.02. The zero-order chi connectivity index (χ0) is 18.2. The van der Waals surface area contributed by atoms with Gasteiger partial charge in [-0.25, -0.2) is 4.98 Å². The Morgan fingerprint density at radius 3 is 2.78 bits per heavy atom. The number of oxazole rings is 1. The maximum atomic E-state index is 12.8. The van der Waals surface area contributed by atoms with Gasteiger partial charge in [0.2, 0.25) is 5.89 Å². The van der Waals surface area contributed by atoms with Crippen LogP contribution < -0.4 is 0 Å². The molecule has 0 saturated carbocycles. The number of hydrogen-bond donors (Lipinski definition) is 0. The number of nitrogens with zero attached hydrogens (tertiary/aromatic N) is 2. The highest BCUT2D eigenvalue weighted by Gasteiger charge is 2.34. The van der Waals surface area contributed by atoms with Crippen LogP contribution in [0, 0.1) is 0 Å². The minimum Gasteiger partial charge on any atom is -0.438 e. The fourth-order valence-electron chi connectivity index (χ4n) is 3.71. The molecule has 1 aliphatic rings. The first-order valence-electron chi connectivity index (χ1n) is 9.10. The number of amides is 1. The van der Waals surface area contributed by atoms with Crippen LogP contribution in [0.2, 0.25) is 0 Å². The fraction of sp³-hybridized carbons (Fsp3) is 0.182. The molecule has 2 aromatic heterocycles. The first-order chi connectivity index (χ1) is 13.3. The van der Waals surface area contributed by atoms with E-state index in [-0.39, 0.29) is 11.9 Å². The van der Waals surface area contributed by atoms with E-state index in [4.69, 9.17) is 9.40 Å². The minimum atomic E-state index is -0.0906. The summed E-state index contributed by atoms with van der Waals surface area (Å²) in [4.78, 5) is 20.2. The monoisotopic (exact) mass is 374 g/mol. The van der Waals surface area contributed by atoms with E-state index in [2.05, 4.69) is 24.3 Å². The largest absolute Gasteiger partial charge is 0.438 e. The van der Waals surface area contributed by atoms with Crippen molar-refractivity contribution in [2.75, 3.05) is 6.54 Å². The standard InChI is InChI=1S/C22H18N2O2S/c25-22(20-9-5-13-27-20)24-12-4-8-18(24)21-23-17-14-16(10-11-19(17)26-21)15-6-2-1-3-7-15/h1-3,5-7,9-11,13-14,18H,4,8,12H2/t18-/m0/s1. The van der Waals surface area contributed by atoms with Crippen molar-refractivity contribution >= 4 is 28.3 Å². The van der Waals surface area contributed by atoms with E-state index in [1.807, 2.05) is 46.7 Å². The molecule has 1 saturated heterocycles. The van der Waals surface area contributed by atoms with Crippen molar-refractivity contribution in [2.24, 2.45) is 0 Å². The lowest BCUT2D eigenvalue weighted by molar-refractivity contribution is 0.0722. The molecule has 0 aliphatic carbocycles. The van der Waals surface area contributed by atoms with Gasteiger partial charge in [0.1, 0.15) is 11.6 Å². The second-order valence-electron chi connectivity index (χ2n) is 6.73. The second kappa shape index (κ2) is 6.67. The van der Waals surface area contributed by atoms with Gasteiger partial charge in [0, 0.05) is 6.54 Å². The van der Waals surface area contributed by atoms with Crippen LogP contribution in [-0.2, 0) is 0 Å². The summed E-state index contributed by atoms with van der Waals surface area (Å²) in [5, 5.41) is 1.93. The second-order valence-corrected chi connectivity index (χ2v) is 7.68. The molecule has 134 valence electrons. The Balaban J connectivity index is 1.48. The lowest BCUT2D eigenvalue weighted by Gasteiger charge is -2.21. The number of hydrogen-bond acceptors (Lipinski definition) is 4. The van der Waals surface area contributed by atoms with E-state index in [1.54, 1.807) is 0 Å². The number of likely N-dealkylation sites (tertiary alicyclic amines) is 1. The SMILES string of the molecule is O=C(c1cccs1)N1CCC[C@H]1c1nc2cc(-c3ccccc3)ccc2o1. The van der Waals surface area contributed by atoms with Crippen molar-refractivity contribution in [3.63, 3.8) is 0 Å². The topological polar surface area (TPSA) is 46.3 Å². The third kappa shape index (κ3) is 2.94. The van der Waals surface area contributed by atoms with Gasteiger partial charge < -0.3 is 9.32 Å². The van der Waals surface area contributed by atoms with Gasteiger partial charge in [0.15, 0.2) is 5.58 Å². The van der Waals surface area contributed by atoms with Crippen molar-refractivity contribution in [3.8, 4) is 11.1 Å². The van der Waals surface area contributed by atoms with Crippen LogP contribution in [0.4, 0.5) is 0 Å². The zero-order valence-electron chi connectivity index (χ0n) is 14.7. The molecular weight excluding hydrogens is 356 g/mol. The van der Waals surface area contributed by atoms with Crippen LogP contribution >= 0.6 is 11.3 Å². The first kappa shape index (κ1) is 16.3. The Labute approximate surface area is 161 Å². The Morgan fingerprint density at radius 1 is 1.07 bits per heavy atom. The number of fused-ring (bicyclic) bond motifs is 1. The summed E-state index contributed by atoms with van der Waals surface area (Å²) >= 11 is 1.48. The molecule has 2 aromatic carbocycles. The van der Waals surface area contributed by atoms with E-state index in [0.717, 1.165) is 46.5 Å². The molecule has 1 amide bonds. The maximum Gasteiger partial charge on any atom is 0.264 e. The molecular formula is C22H18N2O2S. The highest BCUT2D eigenvalue weighted by Crippen LogP contribution is 2.35. The van der Waals surface area contributed by atoms with Crippen LogP contribution in [0.25, 0.3) is 22.2 Å². The normalized spacial score (nSPS) is 16.9. The lowest BCUT2D eigenvalue weighted by Crippen LogP contribution is -2.30. The maximum absolute atomic E-state index is 12.8. The van der Waals surface area contributed by atoms with Crippen LogP contribution in [0.5, 0.6) is 0 Å². The predicted octanol–water partition coefficient (Wildman–Crippen LogP) is 5.53. The zero-order valence-corrected chi connectivity index (χ0v) is 15.5. The van der Waals surface area contributed by atoms with Crippen molar-refractivity contribution in [1.29, 1.82) is 0 Å². The molecule has 0 radical (unpaired) electrons. The number of thiophene rings is 1. The van der Waals surface area contributed by atoms with Gasteiger partial charge in [-0.05, 0) is 47.5 Å². The molecule has 4 aromatic rings. The van der Waals surface area contributed by atoms with Crippen molar-refractivity contribution in [2.45, 2.75) is 18.9 Å². The molecule has 1 fully saturated rings. The molecule has 27 heavy (non-hydrogen) atoms. The van der Waals surface area contributed by atoms with Crippen LogP contribution in [0.3, 0.4) is 0 Å². The molecule has 4 nitrogen and oxygen atoms in total. The van der Waals surface area contributed by atoms with Crippen molar-refractivity contribution in [3.05, 3.63) is 76.8 Å². The Bertz CT molecular complexity index is 1090. The molecule has 3 heterocycles. The molecule has 0 spiro atoms. The summed E-state index contributed by atoms with van der Waals surface area (Å²) in [7, 11) is 0. The minimum absolute atomic E-state index is 0.0692. The van der Waals surface area contributed by atoms with Crippen molar-refractivity contribution < 1.29 is 9.21 Å². The van der Waals surface area contributed by atoms with Gasteiger partial charge in [-0.1, -0.05) is 42.5 Å². The summed E-state index contributed by atoms with van der Waals surface area (Å²) in [5.74, 6) is 0.706. The number of carbonyl (C=O) groups is 1. The highest BCUT2D eigenvalue weighted by atomic mass is 32.1. The summed E-state index contributed by atoms with van der Waals surface area (Å²) in [6, 6.07) is 20.0. The van der Waals surface area contributed by atoms with E-state index < -0.39 is 0 Å². The van der Waals surface area contributed by atoms with Crippen LogP contribution in [0.1, 0.15) is 34.4 Å². The Hall–Kier alpha value is -2.92. The van der Waals surface area contributed by atoms with Gasteiger partial charge in [-0.15, -0.1) is 11.3 Å². The van der Waals surface area contributed by atoms with Crippen LogP contribution in [0.15, 0.2) is 70.5 Å². The summed E-state index contributed by atoms with van der Waals surface area (Å²) in [6.45, 7) is 0.745. The van der Waals surface area contributed by atoms with E-state index in [0.29, 0.717) is 5.89 Å². The average molecular weight is 374 g/mol. The smallest absolute Gasteiger partial charge is 0.264 e. The van der Waals surface area contributed by atoms with E-state index in [1.165, 1.54) is 11.3 Å². The number of benzene rings is 2. The van der Waals surface area contributed by atoms with Crippen molar-refractivity contribution in [1.82, 2.24) is 9.88 Å². The fourth-order valence-corrected chi connectivity index (χ4v) is 4.39. The number of aromatic nitrogens is 1. The molecule has 1 aliphatic heterocycles. The van der Waals surface area contributed by atoms with E-state index in [9.17, 15) is 4.79 Å². The first-order valence-corrected chi connectivity index (χ1v) is 9.98. The quantitative estimate of drug-likeness (QED) is 0.473. The molecule has 0 unspecified atom stereocenters. The third-order valence-electron chi connectivity index (χ3n) is 5.04.